The van der Waals surface area contributed by atoms with Crippen molar-refractivity contribution in [2.75, 3.05) is 11.1 Å². The Labute approximate surface area is 114 Å². The molecule has 1 unspecified atom stereocenters. The van der Waals surface area contributed by atoms with Gasteiger partial charge in [0, 0.05) is 12.2 Å². The summed E-state index contributed by atoms with van der Waals surface area (Å²) < 4.78 is 23.6. The summed E-state index contributed by atoms with van der Waals surface area (Å²) in [5.74, 6) is -0.484. The van der Waals surface area contributed by atoms with Gasteiger partial charge in [-0.15, -0.1) is 0 Å². The largest absolute Gasteiger partial charge is 0.326 e. The monoisotopic (exact) mass is 284 g/mol. The first-order valence-corrected chi connectivity index (χ1v) is 7.93. The van der Waals surface area contributed by atoms with Crippen molar-refractivity contribution in [1.82, 2.24) is 0 Å². The third kappa shape index (κ3) is 4.33. The Kier molecular flexibility index (Phi) is 5.50. The van der Waals surface area contributed by atoms with Crippen molar-refractivity contribution in [2.24, 2.45) is 5.73 Å². The van der Waals surface area contributed by atoms with Crippen molar-refractivity contribution in [2.45, 2.75) is 32.1 Å². The minimum absolute atomic E-state index is 0.0215. The van der Waals surface area contributed by atoms with Gasteiger partial charge in [0.15, 0.2) is 9.84 Å². The summed E-state index contributed by atoms with van der Waals surface area (Å²) in [6, 6.07) is 7.00. The van der Waals surface area contributed by atoms with Crippen LogP contribution in [0.5, 0.6) is 0 Å². The minimum Gasteiger partial charge on any atom is -0.326 e. The van der Waals surface area contributed by atoms with E-state index >= 15 is 0 Å². The molecule has 6 heteroatoms. The summed E-state index contributed by atoms with van der Waals surface area (Å²) in [6.07, 6.45) is 0.505. The molecule has 0 aliphatic heterocycles. The van der Waals surface area contributed by atoms with E-state index in [0.29, 0.717) is 18.7 Å². The summed E-state index contributed by atoms with van der Waals surface area (Å²) >= 11 is 0. The predicted octanol–water partition coefficient (Wildman–Crippen LogP) is 1.30. The van der Waals surface area contributed by atoms with Gasteiger partial charge < -0.3 is 11.1 Å². The molecule has 1 aromatic rings. The molecule has 0 bridgehead atoms. The molecule has 0 spiro atoms. The van der Waals surface area contributed by atoms with Crippen LogP contribution in [0.25, 0.3) is 0 Å². The number of benzene rings is 1. The summed E-state index contributed by atoms with van der Waals surface area (Å²) in [5, 5.41) is 1.56. The zero-order valence-electron chi connectivity index (χ0n) is 11.2. The van der Waals surface area contributed by atoms with Gasteiger partial charge in [-0.1, -0.05) is 19.1 Å². The fourth-order valence-electron chi connectivity index (χ4n) is 1.59. The normalized spacial score (nSPS) is 13.0. The lowest BCUT2D eigenvalue weighted by Gasteiger charge is -2.13. The standard InChI is InChI=1S/C13H20N2O3S/c1-3-8-19(17,18)10(2)13(16)15-12-6-4-11(9-14)5-7-12/h4-7,10H,3,8-9,14H2,1-2H3,(H,15,16). The van der Waals surface area contributed by atoms with Crippen LogP contribution in [-0.4, -0.2) is 25.3 Å². The third-order valence-corrected chi connectivity index (χ3v) is 5.12. The molecule has 5 nitrogen and oxygen atoms in total. The molecule has 1 amide bonds. The lowest BCUT2D eigenvalue weighted by molar-refractivity contribution is -0.115. The molecule has 0 aromatic heterocycles. The van der Waals surface area contributed by atoms with Gasteiger partial charge in [-0.25, -0.2) is 8.42 Å². The second kappa shape index (κ2) is 6.68. The first-order chi connectivity index (χ1) is 8.90. The maximum absolute atomic E-state index is 11.9. The molecule has 1 atom stereocenters. The van der Waals surface area contributed by atoms with E-state index in [4.69, 9.17) is 5.73 Å². The van der Waals surface area contributed by atoms with Gasteiger partial charge >= 0.3 is 0 Å². The first-order valence-electron chi connectivity index (χ1n) is 6.22. The maximum Gasteiger partial charge on any atom is 0.242 e. The van der Waals surface area contributed by atoms with Gasteiger partial charge in [-0.05, 0) is 31.0 Å². The van der Waals surface area contributed by atoms with Crippen molar-refractivity contribution < 1.29 is 13.2 Å². The van der Waals surface area contributed by atoms with Crippen molar-refractivity contribution in [1.29, 1.82) is 0 Å². The average Bonchev–Trinajstić information content (AvgIpc) is 2.38. The van der Waals surface area contributed by atoms with Gasteiger partial charge in [-0.3, -0.25) is 4.79 Å². The van der Waals surface area contributed by atoms with E-state index < -0.39 is 21.0 Å². The summed E-state index contributed by atoms with van der Waals surface area (Å²) in [7, 11) is -3.37. The molecule has 3 N–H and O–H groups in total. The van der Waals surface area contributed by atoms with Crippen LogP contribution in [0.2, 0.25) is 0 Å². The number of amides is 1. The van der Waals surface area contributed by atoms with E-state index in [1.54, 1.807) is 31.2 Å². The van der Waals surface area contributed by atoms with Crippen LogP contribution in [-0.2, 0) is 21.2 Å². The summed E-state index contributed by atoms with van der Waals surface area (Å²) in [4.78, 5) is 11.9. The predicted molar refractivity (Wildman–Crippen MR) is 76.5 cm³/mol. The molecule has 1 aromatic carbocycles. The Morgan fingerprint density at radius 1 is 1.32 bits per heavy atom. The van der Waals surface area contributed by atoms with Crippen molar-refractivity contribution in [3.63, 3.8) is 0 Å². The molecule has 0 saturated carbocycles. The molecule has 1 rings (SSSR count). The molecule has 19 heavy (non-hydrogen) atoms. The van der Waals surface area contributed by atoms with Crippen molar-refractivity contribution >= 4 is 21.4 Å². The molecule has 0 fully saturated rings. The van der Waals surface area contributed by atoms with E-state index in [2.05, 4.69) is 5.32 Å². The zero-order chi connectivity index (χ0) is 14.5. The lowest BCUT2D eigenvalue weighted by Crippen LogP contribution is -2.34. The van der Waals surface area contributed by atoms with Crippen LogP contribution in [0.1, 0.15) is 25.8 Å². The highest BCUT2D eigenvalue weighted by molar-refractivity contribution is 7.92. The maximum atomic E-state index is 11.9. The van der Waals surface area contributed by atoms with E-state index in [1.165, 1.54) is 6.92 Å². The quantitative estimate of drug-likeness (QED) is 0.824. The smallest absolute Gasteiger partial charge is 0.242 e. The number of carbonyl (C=O) groups excluding carboxylic acids is 1. The topological polar surface area (TPSA) is 89.3 Å². The van der Waals surface area contributed by atoms with Gasteiger partial charge in [0.1, 0.15) is 5.25 Å². The van der Waals surface area contributed by atoms with E-state index in [0.717, 1.165) is 5.56 Å². The SMILES string of the molecule is CCCS(=O)(=O)C(C)C(=O)Nc1ccc(CN)cc1. The lowest BCUT2D eigenvalue weighted by atomic mass is 10.2. The van der Waals surface area contributed by atoms with Crippen LogP contribution in [0, 0.1) is 0 Å². The van der Waals surface area contributed by atoms with Gasteiger partial charge in [0.05, 0.1) is 5.75 Å². The Morgan fingerprint density at radius 3 is 2.37 bits per heavy atom. The molecular weight excluding hydrogens is 264 g/mol. The first kappa shape index (κ1) is 15.7. The Balaban J connectivity index is 2.73. The van der Waals surface area contributed by atoms with Crippen molar-refractivity contribution in [3.8, 4) is 0 Å². The van der Waals surface area contributed by atoms with E-state index in [9.17, 15) is 13.2 Å². The molecule has 106 valence electrons. The van der Waals surface area contributed by atoms with Gasteiger partial charge in [0.25, 0.3) is 0 Å². The summed E-state index contributed by atoms with van der Waals surface area (Å²) in [5.41, 5.74) is 6.99. The number of hydrogen-bond donors (Lipinski definition) is 2. The van der Waals surface area contributed by atoms with Crippen LogP contribution in [0.15, 0.2) is 24.3 Å². The Morgan fingerprint density at radius 2 is 1.89 bits per heavy atom. The highest BCUT2D eigenvalue weighted by atomic mass is 32.2. The number of nitrogens with two attached hydrogens (primary N) is 1. The fraction of sp³-hybridized carbons (Fsp3) is 0.462. The van der Waals surface area contributed by atoms with Crippen LogP contribution >= 0.6 is 0 Å². The molecule has 0 aliphatic carbocycles. The van der Waals surface area contributed by atoms with Gasteiger partial charge in [-0.2, -0.15) is 0 Å². The number of sulfone groups is 1. The Bertz CT molecular complexity index is 523. The third-order valence-electron chi connectivity index (χ3n) is 2.85. The molecule has 0 aliphatic rings. The minimum atomic E-state index is -3.37. The van der Waals surface area contributed by atoms with Crippen LogP contribution < -0.4 is 11.1 Å². The molecular formula is C13H20N2O3S. The zero-order valence-corrected chi connectivity index (χ0v) is 12.0. The summed E-state index contributed by atoms with van der Waals surface area (Å²) in [6.45, 7) is 3.61. The molecule has 0 saturated heterocycles. The highest BCUT2D eigenvalue weighted by Crippen LogP contribution is 2.12. The molecule has 0 heterocycles. The number of hydrogen-bond acceptors (Lipinski definition) is 4. The van der Waals surface area contributed by atoms with Crippen LogP contribution in [0.4, 0.5) is 5.69 Å². The number of nitrogens with one attached hydrogen (secondary N) is 1. The second-order valence-electron chi connectivity index (χ2n) is 4.40. The molecule has 0 radical (unpaired) electrons. The van der Waals surface area contributed by atoms with E-state index in [1.807, 2.05) is 0 Å². The fourth-order valence-corrected chi connectivity index (χ4v) is 2.90. The second-order valence-corrected chi connectivity index (χ2v) is 6.84. The highest BCUT2D eigenvalue weighted by Gasteiger charge is 2.26. The Hall–Kier alpha value is -1.40. The number of carbonyl (C=O) groups is 1. The average molecular weight is 284 g/mol. The van der Waals surface area contributed by atoms with Gasteiger partial charge in [0.2, 0.25) is 5.91 Å². The van der Waals surface area contributed by atoms with Crippen LogP contribution in [0.3, 0.4) is 0 Å². The van der Waals surface area contributed by atoms with E-state index in [-0.39, 0.29) is 5.75 Å². The van der Waals surface area contributed by atoms with Crippen molar-refractivity contribution in [3.05, 3.63) is 29.8 Å². The number of anilines is 1. The number of rotatable bonds is 6.